The van der Waals surface area contributed by atoms with Crippen LogP contribution in [0.25, 0.3) is 0 Å². The number of carbonyl (C=O) groups excluding carboxylic acids is 1. The lowest BCUT2D eigenvalue weighted by Crippen LogP contribution is -2.44. The molecule has 1 N–H and O–H groups in total. The number of ether oxygens (including phenoxy) is 2. The number of nitrogens with zero attached hydrogens (tertiary/aromatic N) is 1. The molecule has 0 spiro atoms. The van der Waals surface area contributed by atoms with Crippen LogP contribution in [0.1, 0.15) is 50.7 Å². The lowest BCUT2D eigenvalue weighted by molar-refractivity contribution is -0.132. The lowest BCUT2D eigenvalue weighted by atomic mass is 10.0. The summed E-state index contributed by atoms with van der Waals surface area (Å²) in [6.45, 7) is 7.23. The third-order valence-electron chi connectivity index (χ3n) is 6.30. The van der Waals surface area contributed by atoms with Crippen LogP contribution in [0.2, 0.25) is 0 Å². The molecule has 0 aromatic heterocycles. The first-order chi connectivity index (χ1) is 15.6. The maximum atomic E-state index is 12.6. The molecule has 1 fully saturated rings. The van der Waals surface area contributed by atoms with E-state index in [-0.39, 0.29) is 5.91 Å². The van der Waals surface area contributed by atoms with Gasteiger partial charge >= 0.3 is 0 Å². The molecular formula is C27H34N2O3. The molecule has 4 rings (SSSR count). The SMILES string of the molecule is CC(C)=C1Cc2c(OCCCC(=O)N3CCC(NCc4ccccc4)CC3)cccc2O1. The van der Waals surface area contributed by atoms with Crippen molar-refractivity contribution in [2.24, 2.45) is 0 Å². The molecule has 1 amide bonds. The Morgan fingerprint density at radius 2 is 1.88 bits per heavy atom. The summed E-state index contributed by atoms with van der Waals surface area (Å²) < 4.78 is 11.9. The zero-order valence-electron chi connectivity index (χ0n) is 19.2. The molecule has 2 heterocycles. The first-order valence-corrected chi connectivity index (χ1v) is 11.7. The number of allylic oxidation sites excluding steroid dienone is 2. The van der Waals surface area contributed by atoms with E-state index in [0.29, 0.717) is 19.1 Å². The van der Waals surface area contributed by atoms with Gasteiger partial charge in [0.05, 0.1) is 6.61 Å². The summed E-state index contributed by atoms with van der Waals surface area (Å²) in [5, 5.41) is 3.63. The predicted molar refractivity (Wildman–Crippen MR) is 127 cm³/mol. The Kier molecular flexibility index (Phi) is 7.48. The largest absolute Gasteiger partial charge is 0.493 e. The van der Waals surface area contributed by atoms with Gasteiger partial charge in [-0.15, -0.1) is 0 Å². The third-order valence-corrected chi connectivity index (χ3v) is 6.30. The van der Waals surface area contributed by atoms with Crippen LogP contribution in [0.3, 0.4) is 0 Å². The molecule has 170 valence electrons. The number of likely N-dealkylation sites (tertiary alicyclic amines) is 1. The molecule has 2 aromatic carbocycles. The smallest absolute Gasteiger partial charge is 0.222 e. The zero-order valence-corrected chi connectivity index (χ0v) is 19.2. The van der Waals surface area contributed by atoms with Crippen LogP contribution in [0.4, 0.5) is 0 Å². The normalized spacial score (nSPS) is 15.9. The Morgan fingerprint density at radius 3 is 2.62 bits per heavy atom. The van der Waals surface area contributed by atoms with Crippen molar-refractivity contribution < 1.29 is 14.3 Å². The Labute approximate surface area is 191 Å². The average molecular weight is 435 g/mol. The van der Waals surface area contributed by atoms with E-state index >= 15 is 0 Å². The summed E-state index contributed by atoms with van der Waals surface area (Å²) in [6.07, 6.45) is 4.06. The quantitative estimate of drug-likeness (QED) is 0.603. The van der Waals surface area contributed by atoms with Crippen LogP contribution < -0.4 is 14.8 Å². The minimum absolute atomic E-state index is 0.239. The predicted octanol–water partition coefficient (Wildman–Crippen LogP) is 4.86. The van der Waals surface area contributed by atoms with Gasteiger partial charge in [-0.05, 0) is 56.4 Å². The first-order valence-electron chi connectivity index (χ1n) is 11.7. The number of benzene rings is 2. The summed E-state index contributed by atoms with van der Waals surface area (Å²) >= 11 is 0. The second-order valence-electron chi connectivity index (χ2n) is 8.91. The highest BCUT2D eigenvalue weighted by Crippen LogP contribution is 2.38. The van der Waals surface area contributed by atoms with Crippen LogP contribution in [-0.2, 0) is 17.8 Å². The van der Waals surface area contributed by atoms with Gasteiger partial charge in [0.1, 0.15) is 17.3 Å². The molecule has 0 unspecified atom stereocenters. The standard InChI is InChI=1S/C27H34N2O3/c1-20(2)26-18-23-24(10-6-11-25(23)32-26)31-17-7-12-27(30)29-15-13-22(14-16-29)28-19-21-8-4-3-5-9-21/h3-6,8-11,22,28H,7,12-19H2,1-2H3. The number of piperidine rings is 1. The summed E-state index contributed by atoms with van der Waals surface area (Å²) in [4.78, 5) is 14.6. The molecule has 32 heavy (non-hydrogen) atoms. The van der Waals surface area contributed by atoms with Crippen molar-refractivity contribution in [3.05, 3.63) is 71.0 Å². The third kappa shape index (κ3) is 5.71. The van der Waals surface area contributed by atoms with Crippen molar-refractivity contribution in [2.75, 3.05) is 19.7 Å². The van der Waals surface area contributed by atoms with Gasteiger partial charge in [0.15, 0.2) is 0 Å². The van der Waals surface area contributed by atoms with Crippen LogP contribution in [-0.4, -0.2) is 36.5 Å². The molecule has 0 aliphatic carbocycles. The van der Waals surface area contributed by atoms with E-state index in [0.717, 1.165) is 68.1 Å². The number of carbonyl (C=O) groups is 1. The van der Waals surface area contributed by atoms with Crippen molar-refractivity contribution in [1.82, 2.24) is 10.2 Å². The van der Waals surface area contributed by atoms with E-state index in [4.69, 9.17) is 9.47 Å². The molecular weight excluding hydrogens is 400 g/mol. The molecule has 0 atom stereocenters. The number of hydrogen-bond acceptors (Lipinski definition) is 4. The average Bonchev–Trinajstić information content (AvgIpc) is 3.27. The Morgan fingerprint density at radius 1 is 1.09 bits per heavy atom. The van der Waals surface area contributed by atoms with Gasteiger partial charge in [-0.25, -0.2) is 0 Å². The van der Waals surface area contributed by atoms with Crippen LogP contribution in [0.15, 0.2) is 59.9 Å². The van der Waals surface area contributed by atoms with Gasteiger partial charge < -0.3 is 19.7 Å². The van der Waals surface area contributed by atoms with Crippen molar-refractivity contribution >= 4 is 5.91 Å². The number of amides is 1. The summed E-state index contributed by atoms with van der Waals surface area (Å²) in [5.41, 5.74) is 3.61. The fourth-order valence-electron chi connectivity index (χ4n) is 4.31. The number of hydrogen-bond donors (Lipinski definition) is 1. The summed E-state index contributed by atoms with van der Waals surface area (Å²) in [6, 6.07) is 16.9. The Bertz CT molecular complexity index is 943. The Balaban J connectivity index is 1.16. The molecule has 1 saturated heterocycles. The second-order valence-corrected chi connectivity index (χ2v) is 8.91. The van der Waals surface area contributed by atoms with Crippen molar-refractivity contribution in [2.45, 2.75) is 58.5 Å². The van der Waals surface area contributed by atoms with E-state index in [1.165, 1.54) is 11.1 Å². The fraction of sp³-hybridized carbons (Fsp3) is 0.444. The summed E-state index contributed by atoms with van der Waals surface area (Å²) in [5.74, 6) is 3.01. The molecule has 5 heteroatoms. The lowest BCUT2D eigenvalue weighted by Gasteiger charge is -2.32. The molecule has 0 bridgehead atoms. The molecule has 0 radical (unpaired) electrons. The first kappa shape index (κ1) is 22.4. The minimum atomic E-state index is 0.239. The minimum Gasteiger partial charge on any atom is -0.493 e. The van der Waals surface area contributed by atoms with Gasteiger partial charge in [0, 0.05) is 44.1 Å². The van der Waals surface area contributed by atoms with E-state index in [1.807, 2.05) is 29.2 Å². The van der Waals surface area contributed by atoms with Crippen molar-refractivity contribution in [3.63, 3.8) is 0 Å². The number of nitrogens with one attached hydrogen (secondary N) is 1. The number of rotatable bonds is 8. The van der Waals surface area contributed by atoms with Crippen LogP contribution in [0, 0.1) is 0 Å². The topological polar surface area (TPSA) is 50.8 Å². The van der Waals surface area contributed by atoms with Crippen molar-refractivity contribution in [1.29, 1.82) is 0 Å². The zero-order chi connectivity index (χ0) is 22.3. The van der Waals surface area contributed by atoms with E-state index in [9.17, 15) is 4.79 Å². The second kappa shape index (κ2) is 10.7. The van der Waals surface area contributed by atoms with Crippen LogP contribution in [0.5, 0.6) is 11.5 Å². The van der Waals surface area contributed by atoms with Gasteiger partial charge in [-0.3, -0.25) is 4.79 Å². The molecule has 2 aromatic rings. The summed E-state index contributed by atoms with van der Waals surface area (Å²) in [7, 11) is 0. The molecule has 2 aliphatic heterocycles. The van der Waals surface area contributed by atoms with E-state index in [1.54, 1.807) is 0 Å². The highest BCUT2D eigenvalue weighted by molar-refractivity contribution is 5.76. The molecule has 2 aliphatic rings. The van der Waals surface area contributed by atoms with Gasteiger partial charge in [-0.2, -0.15) is 0 Å². The maximum Gasteiger partial charge on any atom is 0.222 e. The van der Waals surface area contributed by atoms with E-state index < -0.39 is 0 Å². The Hall–Kier alpha value is -2.79. The number of fused-ring (bicyclic) bond motifs is 1. The van der Waals surface area contributed by atoms with Gasteiger partial charge in [0.25, 0.3) is 0 Å². The maximum absolute atomic E-state index is 12.6. The van der Waals surface area contributed by atoms with Crippen LogP contribution >= 0.6 is 0 Å². The van der Waals surface area contributed by atoms with E-state index in [2.05, 4.69) is 43.4 Å². The molecule has 0 saturated carbocycles. The highest BCUT2D eigenvalue weighted by atomic mass is 16.5. The van der Waals surface area contributed by atoms with Crippen molar-refractivity contribution in [3.8, 4) is 11.5 Å². The van der Waals surface area contributed by atoms with Gasteiger partial charge in [0.2, 0.25) is 5.91 Å². The monoisotopic (exact) mass is 434 g/mol. The molecule has 5 nitrogen and oxygen atoms in total. The highest BCUT2D eigenvalue weighted by Gasteiger charge is 2.23. The fourth-order valence-corrected chi connectivity index (χ4v) is 4.31. The van der Waals surface area contributed by atoms with Gasteiger partial charge in [-0.1, -0.05) is 36.4 Å².